The smallest absolute Gasteiger partial charge is 0.317 e. The van der Waals surface area contributed by atoms with Crippen LogP contribution in [0, 0.1) is 0 Å². The average molecular weight is 204 g/mol. The summed E-state index contributed by atoms with van der Waals surface area (Å²) in [6.07, 6.45) is 0.924. The molecule has 0 aliphatic carbocycles. The number of carboxylic acid groups (broad SMARTS) is 1. The van der Waals surface area contributed by atoms with Gasteiger partial charge in [-0.05, 0) is 13.0 Å². The largest absolute Gasteiger partial charge is 0.480 e. The van der Waals surface area contributed by atoms with Crippen LogP contribution >= 0.6 is 0 Å². The number of rotatable bonds is 4. The van der Waals surface area contributed by atoms with E-state index in [2.05, 4.69) is 0 Å². The van der Waals surface area contributed by atoms with E-state index >= 15 is 0 Å². The predicted molar refractivity (Wildman–Crippen MR) is 51.1 cm³/mol. The van der Waals surface area contributed by atoms with Crippen LogP contribution in [-0.4, -0.2) is 66.8 Å². The molecule has 1 heterocycles. The highest BCUT2D eigenvalue weighted by Gasteiger charge is 2.15. The maximum Gasteiger partial charge on any atom is 0.317 e. The molecule has 1 N–H and O–H groups in total. The molecule has 14 heavy (non-hydrogen) atoms. The first-order chi connectivity index (χ1) is 6.72. The summed E-state index contributed by atoms with van der Waals surface area (Å²) in [5.74, 6) is -0.788. The van der Waals surface area contributed by atoms with Gasteiger partial charge in [-0.3, -0.25) is 14.6 Å². The van der Waals surface area contributed by atoms with Crippen molar-refractivity contribution < 1.29 is 14.3 Å². The van der Waals surface area contributed by atoms with Crippen molar-refractivity contribution in [2.75, 3.05) is 45.9 Å². The number of nitrogens with zero attached hydrogens (tertiary/aromatic N) is 2. The van der Waals surface area contributed by atoms with Crippen molar-refractivity contribution in [2.24, 2.45) is 0 Å². The molecule has 0 amide bonds. The van der Waals surface area contributed by atoms with Gasteiger partial charge in [0.2, 0.25) is 0 Å². The maximum atomic E-state index is 12.1. The Bertz CT molecular complexity index is 190. The Morgan fingerprint density at radius 1 is 1.21 bits per heavy atom. The Morgan fingerprint density at radius 2 is 1.86 bits per heavy atom. The van der Waals surface area contributed by atoms with Gasteiger partial charge in [0, 0.05) is 26.2 Å². The first kappa shape index (κ1) is 11.4. The molecule has 1 fully saturated rings. The SMILES string of the molecule is O=C(O)CN1CCCN(CCF)CC1. The van der Waals surface area contributed by atoms with Crippen LogP contribution in [0.4, 0.5) is 4.39 Å². The fourth-order valence-electron chi connectivity index (χ4n) is 1.72. The summed E-state index contributed by atoms with van der Waals surface area (Å²) < 4.78 is 12.1. The first-order valence-corrected chi connectivity index (χ1v) is 4.95. The fourth-order valence-corrected chi connectivity index (χ4v) is 1.72. The Hall–Kier alpha value is -0.680. The second-order valence-electron chi connectivity index (χ2n) is 3.55. The summed E-state index contributed by atoms with van der Waals surface area (Å²) in [4.78, 5) is 14.4. The fraction of sp³-hybridized carbons (Fsp3) is 0.889. The van der Waals surface area contributed by atoms with Crippen molar-refractivity contribution >= 4 is 5.97 Å². The first-order valence-electron chi connectivity index (χ1n) is 4.95. The molecule has 0 aromatic rings. The van der Waals surface area contributed by atoms with Crippen LogP contribution in [0.15, 0.2) is 0 Å². The summed E-state index contributed by atoms with van der Waals surface area (Å²) >= 11 is 0. The number of hydrogen-bond acceptors (Lipinski definition) is 3. The molecule has 5 heteroatoms. The Balaban J connectivity index is 2.29. The lowest BCUT2D eigenvalue weighted by Gasteiger charge is -2.19. The number of alkyl halides is 1. The molecule has 0 aromatic heterocycles. The molecule has 0 atom stereocenters. The minimum Gasteiger partial charge on any atom is -0.480 e. The van der Waals surface area contributed by atoms with Gasteiger partial charge in [0.15, 0.2) is 0 Å². The van der Waals surface area contributed by atoms with Crippen molar-refractivity contribution in [3.63, 3.8) is 0 Å². The van der Waals surface area contributed by atoms with E-state index in [1.807, 2.05) is 9.80 Å². The van der Waals surface area contributed by atoms with Gasteiger partial charge in [0.05, 0.1) is 6.54 Å². The summed E-state index contributed by atoms with van der Waals surface area (Å²) in [6, 6.07) is 0. The summed E-state index contributed by atoms with van der Waals surface area (Å²) in [6.45, 7) is 3.43. The van der Waals surface area contributed by atoms with Gasteiger partial charge < -0.3 is 5.11 Å². The Labute approximate surface area is 83.3 Å². The van der Waals surface area contributed by atoms with Gasteiger partial charge in [-0.25, -0.2) is 4.39 Å². The van der Waals surface area contributed by atoms with Crippen LogP contribution < -0.4 is 0 Å². The molecule has 1 aliphatic heterocycles. The van der Waals surface area contributed by atoms with Gasteiger partial charge in [-0.15, -0.1) is 0 Å². The predicted octanol–water partition coefficient (Wildman–Crippen LogP) is 0.0482. The molecule has 1 saturated heterocycles. The summed E-state index contributed by atoms with van der Waals surface area (Å²) in [7, 11) is 0. The minimum atomic E-state index is -0.788. The minimum absolute atomic E-state index is 0.101. The van der Waals surface area contributed by atoms with Gasteiger partial charge in [-0.1, -0.05) is 0 Å². The highest BCUT2D eigenvalue weighted by molar-refractivity contribution is 5.69. The monoisotopic (exact) mass is 204 g/mol. The molecule has 0 unspecified atom stereocenters. The van der Waals surface area contributed by atoms with Crippen molar-refractivity contribution in [1.82, 2.24) is 9.80 Å². The van der Waals surface area contributed by atoms with E-state index in [1.165, 1.54) is 0 Å². The molecule has 4 nitrogen and oxygen atoms in total. The van der Waals surface area contributed by atoms with Crippen molar-refractivity contribution in [3.8, 4) is 0 Å². The van der Waals surface area contributed by atoms with Gasteiger partial charge in [-0.2, -0.15) is 0 Å². The highest BCUT2D eigenvalue weighted by Crippen LogP contribution is 2.02. The number of carbonyl (C=O) groups is 1. The molecular formula is C9H17FN2O2. The van der Waals surface area contributed by atoms with Crippen LogP contribution in [-0.2, 0) is 4.79 Å². The van der Waals surface area contributed by atoms with Crippen molar-refractivity contribution in [3.05, 3.63) is 0 Å². The quantitative estimate of drug-likeness (QED) is 0.702. The summed E-state index contributed by atoms with van der Waals surface area (Å²) in [5, 5.41) is 8.61. The second-order valence-corrected chi connectivity index (χ2v) is 3.55. The zero-order valence-corrected chi connectivity index (χ0v) is 8.28. The second kappa shape index (κ2) is 5.93. The van der Waals surface area contributed by atoms with Gasteiger partial charge >= 0.3 is 5.97 Å². The third-order valence-electron chi connectivity index (χ3n) is 2.44. The molecule has 0 spiro atoms. The summed E-state index contributed by atoms with van der Waals surface area (Å²) in [5.41, 5.74) is 0. The lowest BCUT2D eigenvalue weighted by molar-refractivity contribution is -0.138. The van der Waals surface area contributed by atoms with E-state index in [1.54, 1.807) is 0 Å². The zero-order chi connectivity index (χ0) is 10.4. The number of aliphatic carboxylic acids is 1. The topological polar surface area (TPSA) is 43.8 Å². The van der Waals surface area contributed by atoms with Crippen LogP contribution in [0.2, 0.25) is 0 Å². The van der Waals surface area contributed by atoms with E-state index in [-0.39, 0.29) is 13.2 Å². The lowest BCUT2D eigenvalue weighted by Crippen LogP contribution is -2.34. The number of halogens is 1. The van der Waals surface area contributed by atoms with E-state index in [0.717, 1.165) is 32.6 Å². The van der Waals surface area contributed by atoms with E-state index in [0.29, 0.717) is 6.54 Å². The Kier molecular flexibility index (Phi) is 4.82. The third-order valence-corrected chi connectivity index (χ3v) is 2.44. The van der Waals surface area contributed by atoms with Crippen molar-refractivity contribution in [2.45, 2.75) is 6.42 Å². The van der Waals surface area contributed by atoms with Crippen LogP contribution in [0.3, 0.4) is 0 Å². The molecule has 0 aromatic carbocycles. The van der Waals surface area contributed by atoms with Gasteiger partial charge in [0.25, 0.3) is 0 Å². The van der Waals surface area contributed by atoms with Crippen LogP contribution in [0.5, 0.6) is 0 Å². The normalized spacial score (nSPS) is 20.6. The molecule has 1 aliphatic rings. The molecular weight excluding hydrogens is 187 g/mol. The van der Waals surface area contributed by atoms with Gasteiger partial charge in [0.1, 0.15) is 6.67 Å². The van der Waals surface area contributed by atoms with Crippen LogP contribution in [0.25, 0.3) is 0 Å². The van der Waals surface area contributed by atoms with Crippen molar-refractivity contribution in [1.29, 1.82) is 0 Å². The van der Waals surface area contributed by atoms with Crippen LogP contribution in [0.1, 0.15) is 6.42 Å². The molecule has 0 bridgehead atoms. The maximum absolute atomic E-state index is 12.1. The molecule has 0 saturated carbocycles. The lowest BCUT2D eigenvalue weighted by atomic mass is 10.4. The Morgan fingerprint density at radius 3 is 2.50 bits per heavy atom. The van der Waals surface area contributed by atoms with E-state index in [4.69, 9.17) is 5.11 Å². The molecule has 0 radical (unpaired) electrons. The standard InChI is InChI=1S/C9H17FN2O2/c10-2-5-11-3-1-4-12(7-6-11)8-9(13)14/h1-8H2,(H,13,14). The van der Waals surface area contributed by atoms with E-state index in [9.17, 15) is 9.18 Å². The third kappa shape index (κ3) is 4.02. The highest BCUT2D eigenvalue weighted by atomic mass is 19.1. The number of carboxylic acids is 1. The van der Waals surface area contributed by atoms with E-state index < -0.39 is 5.97 Å². The average Bonchev–Trinajstić information content (AvgIpc) is 2.31. The molecule has 1 rings (SSSR count). The number of hydrogen-bond donors (Lipinski definition) is 1. The molecule has 82 valence electrons. The zero-order valence-electron chi connectivity index (χ0n) is 8.28.